The molecule has 3 N–H and O–H groups in total. The molecule has 6 nitrogen and oxygen atoms in total. The van der Waals surface area contributed by atoms with Gasteiger partial charge < -0.3 is 15.6 Å². The van der Waals surface area contributed by atoms with E-state index >= 15 is 0 Å². The van der Waals surface area contributed by atoms with E-state index in [-0.39, 0.29) is 10.9 Å². The van der Waals surface area contributed by atoms with Crippen molar-refractivity contribution >= 4 is 40.3 Å². The lowest BCUT2D eigenvalue weighted by atomic mass is 10.2. The van der Waals surface area contributed by atoms with E-state index in [2.05, 4.69) is 25.6 Å². The minimum Gasteiger partial charge on any atom is -0.356 e. The van der Waals surface area contributed by atoms with Gasteiger partial charge in [0.15, 0.2) is 5.65 Å². The Morgan fingerprint density at radius 3 is 2.96 bits per heavy atom. The number of rotatable bonds is 4. The Morgan fingerprint density at radius 2 is 2.22 bits per heavy atom. The van der Waals surface area contributed by atoms with Crippen LogP contribution in [0.15, 0.2) is 30.5 Å². The van der Waals surface area contributed by atoms with Crippen LogP contribution in [0.5, 0.6) is 0 Å². The van der Waals surface area contributed by atoms with Crippen molar-refractivity contribution in [3.8, 4) is 0 Å². The maximum atomic E-state index is 13.2. The summed E-state index contributed by atoms with van der Waals surface area (Å²) in [5, 5.41) is 5.65. The Labute approximate surface area is 136 Å². The molecule has 0 radical (unpaired) electrons. The van der Waals surface area contributed by atoms with E-state index in [0.717, 1.165) is 0 Å². The monoisotopic (exact) mass is 333 g/mol. The Hall–Kier alpha value is -2.67. The van der Waals surface area contributed by atoms with Crippen LogP contribution in [0.1, 0.15) is 17.3 Å². The Balaban J connectivity index is 1.92. The molecule has 118 valence electrons. The number of pyridine rings is 1. The number of benzene rings is 1. The molecule has 0 aliphatic heterocycles. The number of carbonyl (C=O) groups is 1. The van der Waals surface area contributed by atoms with Crippen LogP contribution >= 0.6 is 11.6 Å². The summed E-state index contributed by atoms with van der Waals surface area (Å²) in [6.45, 7) is 2.63. The molecule has 1 aromatic carbocycles. The predicted octanol–water partition coefficient (Wildman–Crippen LogP) is 3.43. The molecule has 0 unspecified atom stereocenters. The van der Waals surface area contributed by atoms with Gasteiger partial charge in [-0.1, -0.05) is 11.6 Å². The highest BCUT2D eigenvalue weighted by Gasteiger charge is 2.15. The average molecular weight is 334 g/mol. The molecule has 0 aliphatic carbocycles. The smallest absolute Gasteiger partial charge is 0.257 e. The highest BCUT2D eigenvalue weighted by molar-refractivity contribution is 6.31. The van der Waals surface area contributed by atoms with Gasteiger partial charge in [0.1, 0.15) is 5.82 Å². The van der Waals surface area contributed by atoms with Gasteiger partial charge in [0.05, 0.1) is 16.1 Å². The zero-order valence-corrected chi connectivity index (χ0v) is 12.9. The van der Waals surface area contributed by atoms with Gasteiger partial charge in [0.2, 0.25) is 5.95 Å². The van der Waals surface area contributed by atoms with E-state index in [0.29, 0.717) is 34.9 Å². The molecule has 3 aromatic rings. The molecule has 23 heavy (non-hydrogen) atoms. The molecule has 0 aliphatic rings. The molecule has 0 bridgehead atoms. The average Bonchev–Trinajstić information content (AvgIpc) is 2.93. The second kappa shape index (κ2) is 6.21. The molecule has 2 heterocycles. The van der Waals surface area contributed by atoms with E-state index in [1.807, 2.05) is 6.92 Å². The molecule has 0 atom stereocenters. The highest BCUT2D eigenvalue weighted by Crippen LogP contribution is 2.21. The van der Waals surface area contributed by atoms with Crippen LogP contribution in [0.4, 0.5) is 16.0 Å². The number of hydrogen-bond donors (Lipinski definition) is 3. The number of fused-ring (bicyclic) bond motifs is 1. The van der Waals surface area contributed by atoms with E-state index in [1.165, 1.54) is 24.4 Å². The lowest BCUT2D eigenvalue weighted by Gasteiger charge is -2.06. The van der Waals surface area contributed by atoms with Crippen molar-refractivity contribution in [1.82, 2.24) is 15.0 Å². The van der Waals surface area contributed by atoms with Gasteiger partial charge in [-0.25, -0.2) is 9.37 Å². The molecule has 8 heteroatoms. The van der Waals surface area contributed by atoms with E-state index in [1.54, 1.807) is 6.07 Å². The van der Waals surface area contributed by atoms with Crippen LogP contribution in [0.3, 0.4) is 0 Å². The largest absolute Gasteiger partial charge is 0.356 e. The van der Waals surface area contributed by atoms with Gasteiger partial charge in [-0.05, 0) is 31.2 Å². The molecule has 0 saturated carbocycles. The number of nitrogens with zero attached hydrogens (tertiary/aromatic N) is 2. The van der Waals surface area contributed by atoms with Gasteiger partial charge >= 0.3 is 0 Å². The fraction of sp³-hybridized carbons (Fsp3) is 0.133. The van der Waals surface area contributed by atoms with Crippen molar-refractivity contribution in [2.75, 3.05) is 17.2 Å². The molecular weight excluding hydrogens is 321 g/mol. The van der Waals surface area contributed by atoms with Crippen LogP contribution in [-0.2, 0) is 0 Å². The van der Waals surface area contributed by atoms with Crippen molar-refractivity contribution in [2.24, 2.45) is 0 Å². The van der Waals surface area contributed by atoms with Crippen LogP contribution < -0.4 is 10.6 Å². The maximum Gasteiger partial charge on any atom is 0.257 e. The molecule has 3 rings (SSSR count). The van der Waals surface area contributed by atoms with Gasteiger partial charge in [-0.2, -0.15) is 4.98 Å². The number of hydrogen-bond acceptors (Lipinski definition) is 4. The first-order chi connectivity index (χ1) is 11.1. The number of anilines is 2. The van der Waals surface area contributed by atoms with Crippen LogP contribution in [0, 0.1) is 5.82 Å². The van der Waals surface area contributed by atoms with Crippen molar-refractivity contribution in [3.05, 3.63) is 46.9 Å². The molecule has 0 spiro atoms. The minimum absolute atomic E-state index is 0.0568. The zero-order chi connectivity index (χ0) is 16.4. The molecule has 1 amide bonds. The summed E-state index contributed by atoms with van der Waals surface area (Å²) < 4.78 is 13.2. The number of imidazole rings is 1. The number of amides is 1. The predicted molar refractivity (Wildman–Crippen MR) is 87.4 cm³/mol. The first-order valence-electron chi connectivity index (χ1n) is 6.93. The van der Waals surface area contributed by atoms with Crippen LogP contribution in [0.2, 0.25) is 5.02 Å². The summed E-state index contributed by atoms with van der Waals surface area (Å²) in [4.78, 5) is 23.8. The zero-order valence-electron chi connectivity index (χ0n) is 12.2. The van der Waals surface area contributed by atoms with E-state index in [4.69, 9.17) is 11.6 Å². The fourth-order valence-corrected chi connectivity index (χ4v) is 2.30. The lowest BCUT2D eigenvalue weighted by molar-refractivity contribution is 0.102. The van der Waals surface area contributed by atoms with Crippen molar-refractivity contribution in [1.29, 1.82) is 0 Å². The molecule has 0 fully saturated rings. The number of halogens is 2. The Bertz CT molecular complexity index is 879. The third kappa shape index (κ3) is 3.09. The summed E-state index contributed by atoms with van der Waals surface area (Å²) in [5.41, 5.74) is 1.74. The summed E-state index contributed by atoms with van der Waals surface area (Å²) in [7, 11) is 0. The first-order valence-corrected chi connectivity index (χ1v) is 7.31. The van der Waals surface area contributed by atoms with E-state index in [9.17, 15) is 9.18 Å². The second-order valence-electron chi connectivity index (χ2n) is 4.76. The number of H-pyrrole nitrogens is 1. The SMILES string of the molecule is CCNc1nc2nccc(C(=O)Nc3ccc(F)c(Cl)c3)c2[nH]1. The van der Waals surface area contributed by atoms with Crippen molar-refractivity contribution in [3.63, 3.8) is 0 Å². The van der Waals surface area contributed by atoms with Crippen LogP contribution in [-0.4, -0.2) is 27.4 Å². The standard InChI is InChI=1S/C15H13ClFN5O/c1-2-18-15-21-12-9(5-6-19-13(12)22-15)14(23)20-8-3-4-11(17)10(16)7-8/h3-7H,2H2,1H3,(H,20,23)(H2,18,19,21,22). The summed E-state index contributed by atoms with van der Waals surface area (Å²) >= 11 is 5.72. The van der Waals surface area contributed by atoms with Gasteiger partial charge in [0.25, 0.3) is 5.91 Å². The van der Waals surface area contributed by atoms with Gasteiger partial charge in [-0.3, -0.25) is 4.79 Å². The highest BCUT2D eigenvalue weighted by atomic mass is 35.5. The van der Waals surface area contributed by atoms with Crippen molar-refractivity contribution < 1.29 is 9.18 Å². The quantitative estimate of drug-likeness (QED) is 0.683. The summed E-state index contributed by atoms with van der Waals surface area (Å²) in [6, 6.07) is 5.56. The second-order valence-corrected chi connectivity index (χ2v) is 5.16. The maximum absolute atomic E-state index is 13.2. The minimum atomic E-state index is -0.542. The number of aromatic amines is 1. The normalized spacial score (nSPS) is 10.7. The van der Waals surface area contributed by atoms with Gasteiger partial charge in [-0.15, -0.1) is 0 Å². The first kappa shape index (κ1) is 15.2. The number of carbonyl (C=O) groups excluding carboxylic acids is 1. The molecule has 2 aromatic heterocycles. The Kier molecular flexibility index (Phi) is 4.12. The van der Waals surface area contributed by atoms with Gasteiger partial charge in [0, 0.05) is 18.4 Å². The van der Waals surface area contributed by atoms with Crippen molar-refractivity contribution in [2.45, 2.75) is 6.92 Å². The Morgan fingerprint density at radius 1 is 1.39 bits per heavy atom. The number of aromatic nitrogens is 3. The summed E-state index contributed by atoms with van der Waals surface area (Å²) in [5.74, 6) is -0.369. The van der Waals surface area contributed by atoms with Crippen LogP contribution in [0.25, 0.3) is 11.2 Å². The van der Waals surface area contributed by atoms with E-state index < -0.39 is 5.82 Å². The lowest BCUT2D eigenvalue weighted by Crippen LogP contribution is -2.12. The third-order valence-electron chi connectivity index (χ3n) is 3.16. The molecule has 0 saturated heterocycles. The molecular formula is C15H13ClFN5O. The summed E-state index contributed by atoms with van der Waals surface area (Å²) in [6.07, 6.45) is 1.51. The fourth-order valence-electron chi connectivity index (χ4n) is 2.12. The topological polar surface area (TPSA) is 82.7 Å². The third-order valence-corrected chi connectivity index (χ3v) is 3.45. The number of nitrogens with one attached hydrogen (secondary N) is 3.